The lowest BCUT2D eigenvalue weighted by atomic mass is 10.1. The molecule has 0 spiro atoms. The van der Waals surface area contributed by atoms with Gasteiger partial charge in [-0.2, -0.15) is 0 Å². The van der Waals surface area contributed by atoms with E-state index < -0.39 is 0 Å². The highest BCUT2D eigenvalue weighted by molar-refractivity contribution is 4.70. The lowest BCUT2D eigenvalue weighted by Crippen LogP contribution is -2.40. The Labute approximate surface area is 86.6 Å². The van der Waals surface area contributed by atoms with Crippen LogP contribution in [0.5, 0.6) is 0 Å². The van der Waals surface area contributed by atoms with Crippen molar-refractivity contribution in [2.75, 3.05) is 34.0 Å². The summed E-state index contributed by atoms with van der Waals surface area (Å²) in [5.41, 5.74) is 0. The van der Waals surface area contributed by atoms with E-state index in [4.69, 9.17) is 14.6 Å². The molecule has 0 amide bonds. The summed E-state index contributed by atoms with van der Waals surface area (Å²) in [6.45, 7) is 3.70. The third-order valence-corrected chi connectivity index (χ3v) is 2.12. The Morgan fingerprint density at radius 1 is 1.21 bits per heavy atom. The van der Waals surface area contributed by atoms with Crippen LogP contribution in [0.15, 0.2) is 0 Å². The van der Waals surface area contributed by atoms with Crippen molar-refractivity contribution < 1.29 is 14.6 Å². The molecule has 0 aromatic heterocycles. The third-order valence-electron chi connectivity index (χ3n) is 2.12. The van der Waals surface area contributed by atoms with E-state index in [1.165, 1.54) is 0 Å². The lowest BCUT2D eigenvalue weighted by Gasteiger charge is -2.21. The maximum atomic E-state index is 8.83. The van der Waals surface area contributed by atoms with Gasteiger partial charge < -0.3 is 19.9 Å². The zero-order valence-electron chi connectivity index (χ0n) is 9.45. The van der Waals surface area contributed by atoms with Crippen LogP contribution in [-0.4, -0.2) is 51.2 Å². The molecule has 4 nitrogen and oxygen atoms in total. The molecule has 4 heteroatoms. The lowest BCUT2D eigenvalue weighted by molar-refractivity contribution is 0.135. The summed E-state index contributed by atoms with van der Waals surface area (Å²) < 4.78 is 10.1. The summed E-state index contributed by atoms with van der Waals surface area (Å²) in [6, 6.07) is 0.624. The quantitative estimate of drug-likeness (QED) is 0.572. The average molecular weight is 205 g/mol. The van der Waals surface area contributed by atoms with Crippen molar-refractivity contribution in [1.82, 2.24) is 5.32 Å². The largest absolute Gasteiger partial charge is 0.396 e. The summed E-state index contributed by atoms with van der Waals surface area (Å²) in [4.78, 5) is 0. The number of aliphatic hydroxyl groups is 1. The molecule has 0 aliphatic heterocycles. The van der Waals surface area contributed by atoms with Gasteiger partial charge in [0, 0.05) is 39.5 Å². The fraction of sp³-hybridized carbons (Fsp3) is 1.00. The molecule has 0 aromatic rings. The van der Waals surface area contributed by atoms with Gasteiger partial charge in [0.15, 0.2) is 0 Å². The van der Waals surface area contributed by atoms with Crippen molar-refractivity contribution in [3.63, 3.8) is 0 Å². The molecule has 0 bridgehead atoms. The average Bonchev–Trinajstić information content (AvgIpc) is 2.15. The van der Waals surface area contributed by atoms with Gasteiger partial charge >= 0.3 is 0 Å². The van der Waals surface area contributed by atoms with Crippen LogP contribution in [0.1, 0.15) is 19.8 Å². The molecule has 14 heavy (non-hydrogen) atoms. The molecule has 0 fully saturated rings. The molecule has 0 aromatic carbocycles. The summed E-state index contributed by atoms with van der Waals surface area (Å²) in [5, 5.41) is 12.2. The van der Waals surface area contributed by atoms with E-state index in [0.717, 1.165) is 19.4 Å². The van der Waals surface area contributed by atoms with Crippen molar-refractivity contribution in [2.45, 2.75) is 31.8 Å². The van der Waals surface area contributed by atoms with Gasteiger partial charge in [0.1, 0.15) is 0 Å². The SMILES string of the molecule is COCCC(C)NC(CCO)COC. The van der Waals surface area contributed by atoms with Crippen LogP contribution in [0.25, 0.3) is 0 Å². The van der Waals surface area contributed by atoms with Crippen LogP contribution in [0, 0.1) is 0 Å². The first-order valence-corrected chi connectivity index (χ1v) is 5.09. The first-order chi connectivity index (χ1) is 6.74. The molecule has 0 saturated carbocycles. The second-order valence-electron chi connectivity index (χ2n) is 3.51. The van der Waals surface area contributed by atoms with Crippen molar-refractivity contribution in [3.8, 4) is 0 Å². The van der Waals surface area contributed by atoms with Gasteiger partial charge in [-0.1, -0.05) is 0 Å². The molecule has 2 unspecified atom stereocenters. The van der Waals surface area contributed by atoms with Crippen LogP contribution in [0.4, 0.5) is 0 Å². The van der Waals surface area contributed by atoms with E-state index >= 15 is 0 Å². The minimum atomic E-state index is 0.192. The topological polar surface area (TPSA) is 50.7 Å². The van der Waals surface area contributed by atoms with Gasteiger partial charge in [0.2, 0.25) is 0 Å². The van der Waals surface area contributed by atoms with Crippen LogP contribution in [-0.2, 0) is 9.47 Å². The number of nitrogens with one attached hydrogen (secondary N) is 1. The molecule has 0 heterocycles. The molecule has 0 aliphatic rings. The van der Waals surface area contributed by atoms with Crippen LogP contribution >= 0.6 is 0 Å². The fourth-order valence-electron chi connectivity index (χ4n) is 1.35. The van der Waals surface area contributed by atoms with Gasteiger partial charge in [0.05, 0.1) is 6.61 Å². The second kappa shape index (κ2) is 9.40. The summed E-state index contributed by atoms with van der Waals surface area (Å²) in [6.07, 6.45) is 1.70. The minimum Gasteiger partial charge on any atom is -0.396 e. The van der Waals surface area contributed by atoms with E-state index in [2.05, 4.69) is 12.2 Å². The van der Waals surface area contributed by atoms with E-state index in [-0.39, 0.29) is 12.6 Å². The van der Waals surface area contributed by atoms with Crippen LogP contribution in [0.2, 0.25) is 0 Å². The standard InChI is InChI=1S/C10H23NO3/c1-9(5-7-13-2)11-10(4-6-12)8-14-3/h9-12H,4-8H2,1-3H3. The number of hydrogen-bond donors (Lipinski definition) is 2. The first-order valence-electron chi connectivity index (χ1n) is 5.09. The van der Waals surface area contributed by atoms with Gasteiger partial charge in [-0.25, -0.2) is 0 Å². The smallest absolute Gasteiger partial charge is 0.0616 e. The zero-order chi connectivity index (χ0) is 10.8. The van der Waals surface area contributed by atoms with E-state index in [9.17, 15) is 0 Å². The maximum absolute atomic E-state index is 8.83. The number of aliphatic hydroxyl groups excluding tert-OH is 1. The van der Waals surface area contributed by atoms with Gasteiger partial charge in [0.25, 0.3) is 0 Å². The van der Waals surface area contributed by atoms with E-state index in [0.29, 0.717) is 12.6 Å². The highest BCUT2D eigenvalue weighted by Gasteiger charge is 2.10. The Hall–Kier alpha value is -0.160. The molecule has 2 atom stereocenters. The third kappa shape index (κ3) is 7.26. The Kier molecular flexibility index (Phi) is 9.29. The van der Waals surface area contributed by atoms with E-state index in [1.807, 2.05) is 0 Å². The summed E-state index contributed by atoms with van der Waals surface area (Å²) >= 11 is 0. The Bertz CT molecular complexity index is 116. The van der Waals surface area contributed by atoms with Gasteiger partial charge in [-0.15, -0.1) is 0 Å². The second-order valence-corrected chi connectivity index (χ2v) is 3.51. The molecule has 2 N–H and O–H groups in total. The maximum Gasteiger partial charge on any atom is 0.0616 e. The molecule has 0 aliphatic carbocycles. The molecule has 86 valence electrons. The molecular formula is C10H23NO3. The van der Waals surface area contributed by atoms with Crippen LogP contribution < -0.4 is 5.32 Å². The molecule has 0 rings (SSSR count). The highest BCUT2D eigenvalue weighted by atomic mass is 16.5. The van der Waals surface area contributed by atoms with Crippen molar-refractivity contribution in [1.29, 1.82) is 0 Å². The Balaban J connectivity index is 3.64. The van der Waals surface area contributed by atoms with Crippen molar-refractivity contribution >= 4 is 0 Å². The fourth-order valence-corrected chi connectivity index (χ4v) is 1.35. The van der Waals surface area contributed by atoms with Gasteiger partial charge in [-0.3, -0.25) is 0 Å². The first kappa shape index (κ1) is 13.8. The van der Waals surface area contributed by atoms with Gasteiger partial charge in [-0.05, 0) is 19.8 Å². The molecular weight excluding hydrogens is 182 g/mol. The highest BCUT2D eigenvalue weighted by Crippen LogP contribution is 1.98. The Morgan fingerprint density at radius 2 is 1.93 bits per heavy atom. The number of ether oxygens (including phenoxy) is 2. The Morgan fingerprint density at radius 3 is 2.43 bits per heavy atom. The normalized spacial score (nSPS) is 15.4. The number of rotatable bonds is 9. The molecule has 0 saturated heterocycles. The predicted molar refractivity (Wildman–Crippen MR) is 56.5 cm³/mol. The zero-order valence-corrected chi connectivity index (χ0v) is 9.45. The van der Waals surface area contributed by atoms with Crippen molar-refractivity contribution in [2.24, 2.45) is 0 Å². The monoisotopic (exact) mass is 205 g/mol. The molecule has 0 radical (unpaired) electrons. The van der Waals surface area contributed by atoms with E-state index in [1.54, 1.807) is 14.2 Å². The summed E-state index contributed by atoms with van der Waals surface area (Å²) in [7, 11) is 3.37. The van der Waals surface area contributed by atoms with Crippen molar-refractivity contribution in [3.05, 3.63) is 0 Å². The van der Waals surface area contributed by atoms with Crippen LogP contribution in [0.3, 0.4) is 0 Å². The predicted octanol–water partition coefficient (Wildman–Crippen LogP) is 0.398. The minimum absolute atomic E-state index is 0.192. The number of methoxy groups -OCH3 is 2. The number of hydrogen-bond acceptors (Lipinski definition) is 4. The summed E-state index contributed by atoms with van der Waals surface area (Å²) in [5.74, 6) is 0.